The van der Waals surface area contributed by atoms with Crippen molar-refractivity contribution < 1.29 is 18.3 Å². The van der Waals surface area contributed by atoms with Crippen molar-refractivity contribution in [2.75, 3.05) is 7.11 Å². The van der Waals surface area contributed by atoms with E-state index in [0.717, 1.165) is 16.9 Å². The van der Waals surface area contributed by atoms with Crippen molar-refractivity contribution in [2.24, 2.45) is 10.2 Å². The summed E-state index contributed by atoms with van der Waals surface area (Å²) >= 11 is 1.21. The predicted octanol–water partition coefficient (Wildman–Crippen LogP) is 4.93. The van der Waals surface area contributed by atoms with Crippen LogP contribution in [0.25, 0.3) is 6.08 Å². The van der Waals surface area contributed by atoms with Crippen LogP contribution in [0.2, 0.25) is 0 Å². The van der Waals surface area contributed by atoms with Gasteiger partial charge in [0.25, 0.3) is 5.91 Å². The highest BCUT2D eigenvalue weighted by atomic mass is 32.2. The Kier molecular flexibility index (Phi) is 6.28. The number of carbonyl (C=O) groups excluding carboxylic acids is 1. The molecule has 2 aromatic carbocycles. The van der Waals surface area contributed by atoms with Crippen molar-refractivity contribution in [3.8, 4) is 5.75 Å². The Labute approximate surface area is 182 Å². The van der Waals surface area contributed by atoms with Crippen LogP contribution in [-0.4, -0.2) is 29.3 Å². The maximum atomic E-state index is 13.2. The van der Waals surface area contributed by atoms with E-state index in [1.54, 1.807) is 49.9 Å². The first-order chi connectivity index (χ1) is 15.1. The minimum absolute atomic E-state index is 0.218. The smallest absolute Gasteiger partial charge is 0.267 e. The largest absolute Gasteiger partial charge is 0.497 e. The molecular formula is C23H18FN3O3S. The quantitative estimate of drug-likeness (QED) is 0.313. The fourth-order valence-corrected chi connectivity index (χ4v) is 3.76. The second-order valence-corrected chi connectivity index (χ2v) is 7.54. The highest BCUT2D eigenvalue weighted by Gasteiger charge is 2.34. The molecule has 1 aliphatic rings. The van der Waals surface area contributed by atoms with Crippen molar-refractivity contribution in [3.05, 3.63) is 94.5 Å². The highest BCUT2D eigenvalue weighted by molar-refractivity contribution is 8.18. The number of carbonyl (C=O) groups is 1. The SMILES string of the molecule is COc1ccc(/C=N\N=C2\S/C(=C\c3ccc(F)cc3)C(=O)N2Cc2ccco2)cc1. The molecule has 0 aliphatic carbocycles. The molecule has 0 radical (unpaired) electrons. The molecule has 1 aromatic heterocycles. The van der Waals surface area contributed by atoms with Crippen molar-refractivity contribution in [3.63, 3.8) is 0 Å². The Balaban J connectivity index is 1.59. The number of benzene rings is 2. The number of hydrogen-bond donors (Lipinski definition) is 0. The molecule has 3 aromatic rings. The first-order valence-electron chi connectivity index (χ1n) is 9.37. The average Bonchev–Trinajstić information content (AvgIpc) is 3.40. The van der Waals surface area contributed by atoms with Crippen LogP contribution >= 0.6 is 11.8 Å². The first kappa shape index (κ1) is 20.6. The van der Waals surface area contributed by atoms with Crippen LogP contribution in [-0.2, 0) is 11.3 Å². The zero-order chi connectivity index (χ0) is 21.6. The minimum Gasteiger partial charge on any atom is -0.497 e. The predicted molar refractivity (Wildman–Crippen MR) is 119 cm³/mol. The molecule has 0 spiro atoms. The Morgan fingerprint density at radius 3 is 2.52 bits per heavy atom. The molecule has 0 bridgehead atoms. The van der Waals surface area contributed by atoms with E-state index >= 15 is 0 Å². The molecule has 0 atom stereocenters. The second kappa shape index (κ2) is 9.44. The molecule has 4 rings (SSSR count). The van der Waals surface area contributed by atoms with E-state index in [-0.39, 0.29) is 18.3 Å². The summed E-state index contributed by atoms with van der Waals surface area (Å²) in [6.45, 7) is 0.233. The Morgan fingerprint density at radius 1 is 1.10 bits per heavy atom. The Hall–Kier alpha value is -3.65. The highest BCUT2D eigenvalue weighted by Crippen LogP contribution is 2.33. The van der Waals surface area contributed by atoms with Crippen LogP contribution in [0.1, 0.15) is 16.9 Å². The number of methoxy groups -OCH3 is 1. The van der Waals surface area contributed by atoms with E-state index in [1.165, 1.54) is 28.8 Å². The molecule has 0 unspecified atom stereocenters. The van der Waals surface area contributed by atoms with Crippen molar-refractivity contribution in [1.82, 2.24) is 4.90 Å². The topological polar surface area (TPSA) is 67.4 Å². The van der Waals surface area contributed by atoms with E-state index in [1.807, 2.05) is 24.3 Å². The van der Waals surface area contributed by atoms with Gasteiger partial charge in [-0.1, -0.05) is 12.1 Å². The third kappa shape index (κ3) is 5.10. The van der Waals surface area contributed by atoms with Gasteiger partial charge in [0.05, 0.1) is 31.0 Å². The number of nitrogens with zero attached hydrogens (tertiary/aromatic N) is 3. The second-order valence-electron chi connectivity index (χ2n) is 6.53. The van der Waals surface area contributed by atoms with Gasteiger partial charge in [0.1, 0.15) is 17.3 Å². The molecule has 0 N–H and O–H groups in total. The van der Waals surface area contributed by atoms with Crippen LogP contribution in [0.3, 0.4) is 0 Å². The van der Waals surface area contributed by atoms with Gasteiger partial charge < -0.3 is 9.15 Å². The van der Waals surface area contributed by atoms with Gasteiger partial charge in [-0.2, -0.15) is 5.10 Å². The maximum absolute atomic E-state index is 13.2. The summed E-state index contributed by atoms with van der Waals surface area (Å²) in [5.74, 6) is 0.829. The molecule has 8 heteroatoms. The normalized spacial score (nSPS) is 16.7. The van der Waals surface area contributed by atoms with Crippen LogP contribution in [0.4, 0.5) is 4.39 Å². The average molecular weight is 435 g/mol. The van der Waals surface area contributed by atoms with Crippen LogP contribution < -0.4 is 4.74 Å². The third-order valence-electron chi connectivity index (χ3n) is 4.42. The molecule has 1 aliphatic heterocycles. The van der Waals surface area contributed by atoms with Crippen LogP contribution in [0.5, 0.6) is 5.75 Å². The standard InChI is InChI=1S/C23H18FN3O3S/c1-29-19-10-6-17(7-11-19)14-25-26-23-27(15-20-3-2-12-30-20)22(28)21(31-23)13-16-4-8-18(24)9-5-16/h2-14H,15H2,1H3/b21-13-,25-14-,26-23+. The van der Waals surface area contributed by atoms with Gasteiger partial charge >= 0.3 is 0 Å². The Bertz CT molecular complexity index is 1140. The number of ether oxygens (including phenoxy) is 1. The summed E-state index contributed by atoms with van der Waals surface area (Å²) in [5.41, 5.74) is 1.57. The van der Waals surface area contributed by atoms with E-state index in [4.69, 9.17) is 9.15 Å². The number of furan rings is 1. The van der Waals surface area contributed by atoms with Crippen molar-refractivity contribution in [1.29, 1.82) is 0 Å². The fourth-order valence-electron chi connectivity index (χ4n) is 2.83. The summed E-state index contributed by atoms with van der Waals surface area (Å²) in [4.78, 5) is 15.0. The lowest BCUT2D eigenvalue weighted by molar-refractivity contribution is -0.122. The molecule has 6 nitrogen and oxygen atoms in total. The lowest BCUT2D eigenvalue weighted by atomic mass is 10.2. The van der Waals surface area contributed by atoms with Gasteiger partial charge in [-0.15, -0.1) is 5.10 Å². The third-order valence-corrected chi connectivity index (χ3v) is 5.41. The molecule has 156 valence electrons. The molecular weight excluding hydrogens is 417 g/mol. The van der Waals surface area contributed by atoms with E-state index in [0.29, 0.717) is 15.8 Å². The van der Waals surface area contributed by atoms with Crippen LogP contribution in [0.15, 0.2) is 86.5 Å². The van der Waals surface area contributed by atoms with Crippen molar-refractivity contribution in [2.45, 2.75) is 6.54 Å². The fraction of sp³-hybridized carbons (Fsp3) is 0.0870. The Morgan fingerprint density at radius 2 is 1.84 bits per heavy atom. The number of hydrogen-bond acceptors (Lipinski definition) is 6. The minimum atomic E-state index is -0.331. The number of thioether (sulfide) groups is 1. The first-order valence-corrected chi connectivity index (χ1v) is 10.2. The van der Waals surface area contributed by atoms with Crippen molar-refractivity contribution >= 4 is 35.1 Å². The monoisotopic (exact) mass is 435 g/mol. The zero-order valence-corrected chi connectivity index (χ0v) is 17.4. The summed E-state index contributed by atoms with van der Waals surface area (Å²) in [5, 5.41) is 8.84. The van der Waals surface area contributed by atoms with Gasteiger partial charge in [-0.05, 0) is 77.5 Å². The molecule has 1 saturated heterocycles. The van der Waals surface area contributed by atoms with Gasteiger partial charge in [0.2, 0.25) is 0 Å². The van der Waals surface area contributed by atoms with Crippen LogP contribution in [0, 0.1) is 5.82 Å². The zero-order valence-electron chi connectivity index (χ0n) is 16.6. The van der Waals surface area contributed by atoms with E-state index in [2.05, 4.69) is 10.2 Å². The lowest BCUT2D eigenvalue weighted by Gasteiger charge is -2.12. The van der Waals surface area contributed by atoms with E-state index in [9.17, 15) is 9.18 Å². The molecule has 1 fully saturated rings. The number of halogens is 1. The molecule has 2 heterocycles. The maximum Gasteiger partial charge on any atom is 0.267 e. The number of amidine groups is 1. The summed E-state index contributed by atoms with van der Waals surface area (Å²) < 4.78 is 23.7. The van der Waals surface area contributed by atoms with Gasteiger partial charge in [0.15, 0.2) is 5.17 Å². The molecule has 31 heavy (non-hydrogen) atoms. The van der Waals surface area contributed by atoms with E-state index < -0.39 is 0 Å². The molecule has 1 amide bonds. The summed E-state index contributed by atoms with van der Waals surface area (Å²) in [7, 11) is 1.61. The van der Waals surface area contributed by atoms with Gasteiger partial charge in [-0.25, -0.2) is 4.39 Å². The lowest BCUT2D eigenvalue weighted by Crippen LogP contribution is -2.28. The number of amides is 1. The molecule has 0 saturated carbocycles. The van der Waals surface area contributed by atoms with Gasteiger partial charge in [0, 0.05) is 0 Å². The number of rotatable bonds is 6. The summed E-state index contributed by atoms with van der Waals surface area (Å²) in [6, 6.07) is 16.9. The van der Waals surface area contributed by atoms with Gasteiger partial charge in [-0.3, -0.25) is 9.69 Å². The summed E-state index contributed by atoms with van der Waals surface area (Å²) in [6.07, 6.45) is 4.86.